The number of hydrogen-bond acceptors (Lipinski definition) is 2. The van der Waals surface area contributed by atoms with E-state index in [1.807, 2.05) is 48.0 Å². The summed E-state index contributed by atoms with van der Waals surface area (Å²) in [6.45, 7) is 9.47. The fraction of sp³-hybridized carbons (Fsp3) is 0.167. The molecule has 0 N–H and O–H groups in total. The molecular formula is C18H16N4O. The Labute approximate surface area is 134 Å². The SMILES string of the molecule is [C-]#[N+]c1ccc(Cn2ccnc2-c2cc(C)c(=O)n(C)c2)cc1. The van der Waals surface area contributed by atoms with Gasteiger partial charge in [-0.1, -0.05) is 24.3 Å². The van der Waals surface area contributed by atoms with E-state index in [-0.39, 0.29) is 5.56 Å². The van der Waals surface area contributed by atoms with Gasteiger partial charge in [-0.05, 0) is 18.6 Å². The van der Waals surface area contributed by atoms with Crippen LogP contribution in [-0.4, -0.2) is 14.1 Å². The zero-order chi connectivity index (χ0) is 16.4. The Kier molecular flexibility index (Phi) is 3.82. The van der Waals surface area contributed by atoms with E-state index in [4.69, 9.17) is 6.57 Å². The Bertz CT molecular complexity index is 916. The van der Waals surface area contributed by atoms with Gasteiger partial charge in [-0.25, -0.2) is 9.83 Å². The van der Waals surface area contributed by atoms with Gasteiger partial charge in [0.05, 0.1) is 6.57 Å². The van der Waals surface area contributed by atoms with Crippen LogP contribution in [0.1, 0.15) is 11.1 Å². The molecule has 23 heavy (non-hydrogen) atoms. The van der Waals surface area contributed by atoms with Crippen LogP contribution in [0, 0.1) is 13.5 Å². The van der Waals surface area contributed by atoms with Gasteiger partial charge in [0, 0.05) is 43.3 Å². The van der Waals surface area contributed by atoms with E-state index in [1.54, 1.807) is 24.0 Å². The molecule has 0 spiro atoms. The maximum atomic E-state index is 11.8. The third-order valence-electron chi connectivity index (χ3n) is 3.75. The third kappa shape index (κ3) is 2.92. The number of nitrogens with zero attached hydrogens (tertiary/aromatic N) is 4. The Morgan fingerprint density at radius 1 is 1.26 bits per heavy atom. The molecule has 5 heteroatoms. The van der Waals surface area contributed by atoms with Crippen molar-refractivity contribution in [2.24, 2.45) is 7.05 Å². The highest BCUT2D eigenvalue weighted by Crippen LogP contribution is 2.19. The quantitative estimate of drug-likeness (QED) is 0.698. The average molecular weight is 304 g/mol. The zero-order valence-electron chi connectivity index (χ0n) is 13.0. The maximum Gasteiger partial charge on any atom is 0.253 e. The van der Waals surface area contributed by atoms with Crippen molar-refractivity contribution in [2.75, 3.05) is 0 Å². The molecule has 0 saturated carbocycles. The Morgan fingerprint density at radius 3 is 2.65 bits per heavy atom. The standard InChI is InChI=1S/C18H16N4O/c1-13-10-15(12-21(3)18(13)23)17-20-8-9-22(17)11-14-4-6-16(19-2)7-5-14/h4-10,12H,11H2,1,3H3. The van der Waals surface area contributed by atoms with Crippen molar-refractivity contribution in [3.8, 4) is 11.4 Å². The molecule has 0 amide bonds. The lowest BCUT2D eigenvalue weighted by molar-refractivity contribution is 0.799. The molecule has 0 atom stereocenters. The summed E-state index contributed by atoms with van der Waals surface area (Å²) in [5.74, 6) is 0.818. The summed E-state index contributed by atoms with van der Waals surface area (Å²) in [5, 5.41) is 0. The number of benzene rings is 1. The lowest BCUT2D eigenvalue weighted by Crippen LogP contribution is -2.18. The summed E-state index contributed by atoms with van der Waals surface area (Å²) in [6.07, 6.45) is 5.47. The van der Waals surface area contributed by atoms with Crippen LogP contribution in [0.3, 0.4) is 0 Å². The van der Waals surface area contributed by atoms with Crippen LogP contribution in [0.2, 0.25) is 0 Å². The third-order valence-corrected chi connectivity index (χ3v) is 3.75. The Morgan fingerprint density at radius 2 is 2.00 bits per heavy atom. The Hall–Kier alpha value is -3.13. The van der Waals surface area contributed by atoms with E-state index in [2.05, 4.69) is 9.83 Å². The van der Waals surface area contributed by atoms with Gasteiger partial charge < -0.3 is 9.13 Å². The smallest absolute Gasteiger partial charge is 0.253 e. The van der Waals surface area contributed by atoms with Gasteiger partial charge in [0.15, 0.2) is 5.69 Å². The van der Waals surface area contributed by atoms with Crippen molar-refractivity contribution in [1.82, 2.24) is 14.1 Å². The summed E-state index contributed by atoms with van der Waals surface area (Å²) >= 11 is 0. The summed E-state index contributed by atoms with van der Waals surface area (Å²) in [7, 11) is 1.75. The molecule has 1 aromatic carbocycles. The molecule has 0 radical (unpaired) electrons. The zero-order valence-corrected chi connectivity index (χ0v) is 13.0. The van der Waals surface area contributed by atoms with E-state index in [1.165, 1.54) is 0 Å². The van der Waals surface area contributed by atoms with Gasteiger partial charge in [0.25, 0.3) is 5.56 Å². The van der Waals surface area contributed by atoms with Gasteiger partial charge in [-0.15, -0.1) is 0 Å². The highest BCUT2D eigenvalue weighted by Gasteiger charge is 2.09. The first kappa shape index (κ1) is 14.8. The van der Waals surface area contributed by atoms with Crippen molar-refractivity contribution in [3.05, 3.63) is 81.8 Å². The molecule has 0 aliphatic rings. The molecule has 0 saturated heterocycles. The second-order valence-corrected chi connectivity index (χ2v) is 5.48. The molecule has 3 rings (SSSR count). The lowest BCUT2D eigenvalue weighted by Gasteiger charge is -2.10. The molecule has 5 nitrogen and oxygen atoms in total. The molecule has 2 heterocycles. The first-order valence-corrected chi connectivity index (χ1v) is 7.23. The number of hydrogen-bond donors (Lipinski definition) is 0. The van der Waals surface area contributed by atoms with Gasteiger partial charge in [0.1, 0.15) is 5.82 Å². The number of pyridine rings is 1. The monoisotopic (exact) mass is 304 g/mol. The van der Waals surface area contributed by atoms with Gasteiger partial charge >= 0.3 is 0 Å². The minimum Gasteiger partial charge on any atom is -0.327 e. The van der Waals surface area contributed by atoms with Crippen molar-refractivity contribution < 1.29 is 0 Å². The van der Waals surface area contributed by atoms with Crippen LogP contribution in [0.25, 0.3) is 16.2 Å². The summed E-state index contributed by atoms with van der Waals surface area (Å²) in [5.41, 5.74) is 3.33. The minimum atomic E-state index is 0.00147. The maximum absolute atomic E-state index is 11.8. The second-order valence-electron chi connectivity index (χ2n) is 5.48. The van der Waals surface area contributed by atoms with Crippen LogP contribution >= 0.6 is 0 Å². The first-order valence-electron chi connectivity index (χ1n) is 7.23. The second kappa shape index (κ2) is 5.93. The van der Waals surface area contributed by atoms with Crippen LogP contribution in [-0.2, 0) is 13.6 Å². The number of aromatic nitrogens is 3. The van der Waals surface area contributed by atoms with Crippen LogP contribution < -0.4 is 5.56 Å². The van der Waals surface area contributed by atoms with Crippen molar-refractivity contribution in [2.45, 2.75) is 13.5 Å². The lowest BCUT2D eigenvalue weighted by atomic mass is 10.2. The summed E-state index contributed by atoms with van der Waals surface area (Å²) in [4.78, 5) is 19.7. The molecule has 114 valence electrons. The fourth-order valence-electron chi connectivity index (χ4n) is 2.57. The van der Waals surface area contributed by atoms with Crippen LogP contribution in [0.5, 0.6) is 0 Å². The topological polar surface area (TPSA) is 44.2 Å². The number of aryl methyl sites for hydroxylation is 2. The molecule has 0 aliphatic carbocycles. The van der Waals surface area contributed by atoms with Crippen LogP contribution in [0.4, 0.5) is 5.69 Å². The largest absolute Gasteiger partial charge is 0.327 e. The van der Waals surface area contributed by atoms with E-state index in [0.29, 0.717) is 17.8 Å². The van der Waals surface area contributed by atoms with E-state index < -0.39 is 0 Å². The first-order chi connectivity index (χ1) is 11.1. The predicted octanol–water partition coefficient (Wildman–Crippen LogP) is 3.16. The van der Waals surface area contributed by atoms with Crippen LogP contribution in [0.15, 0.2) is 53.7 Å². The molecule has 2 aromatic heterocycles. The van der Waals surface area contributed by atoms with Gasteiger partial charge in [-0.2, -0.15) is 0 Å². The van der Waals surface area contributed by atoms with Crippen molar-refractivity contribution in [3.63, 3.8) is 0 Å². The van der Waals surface area contributed by atoms with Gasteiger partial charge in [-0.3, -0.25) is 4.79 Å². The van der Waals surface area contributed by atoms with E-state index in [9.17, 15) is 4.79 Å². The molecule has 0 bridgehead atoms. The van der Waals surface area contributed by atoms with Crippen molar-refractivity contribution in [1.29, 1.82) is 0 Å². The average Bonchev–Trinajstić information content (AvgIpc) is 3.01. The predicted molar refractivity (Wildman–Crippen MR) is 89.4 cm³/mol. The highest BCUT2D eigenvalue weighted by atomic mass is 16.1. The molecule has 0 aliphatic heterocycles. The normalized spacial score (nSPS) is 10.5. The van der Waals surface area contributed by atoms with Gasteiger partial charge in [0.2, 0.25) is 0 Å². The number of imidazole rings is 1. The molecule has 3 aromatic rings. The minimum absolute atomic E-state index is 0.00147. The molecule has 0 unspecified atom stereocenters. The fourth-order valence-corrected chi connectivity index (χ4v) is 2.57. The van der Waals surface area contributed by atoms with Crippen molar-refractivity contribution >= 4 is 5.69 Å². The summed E-state index contributed by atoms with van der Waals surface area (Å²) in [6, 6.07) is 9.39. The highest BCUT2D eigenvalue weighted by molar-refractivity contribution is 5.55. The Balaban J connectivity index is 1.96. The summed E-state index contributed by atoms with van der Waals surface area (Å²) < 4.78 is 3.61. The van der Waals surface area contributed by atoms with E-state index in [0.717, 1.165) is 17.0 Å². The number of rotatable bonds is 3. The molecule has 0 fully saturated rings. The molecular weight excluding hydrogens is 288 g/mol. The van der Waals surface area contributed by atoms with E-state index >= 15 is 0 Å².